The fraction of sp³-hybridized carbons (Fsp3) is 0.595. The Morgan fingerprint density at radius 1 is 1.02 bits per heavy atom. The molecule has 1 aliphatic heterocycles. The first-order valence-corrected chi connectivity index (χ1v) is 17.1. The van der Waals surface area contributed by atoms with Crippen molar-refractivity contribution >= 4 is 23.4 Å². The highest BCUT2D eigenvalue weighted by atomic mass is 16.5. The van der Waals surface area contributed by atoms with Crippen molar-refractivity contribution in [1.82, 2.24) is 9.80 Å². The van der Waals surface area contributed by atoms with Crippen LogP contribution in [0.1, 0.15) is 88.1 Å². The van der Waals surface area contributed by atoms with Gasteiger partial charge in [0.2, 0.25) is 11.8 Å². The molecule has 2 N–H and O–H groups in total. The van der Waals surface area contributed by atoms with E-state index in [2.05, 4.69) is 5.32 Å². The van der Waals surface area contributed by atoms with E-state index in [1.54, 1.807) is 35.0 Å². The van der Waals surface area contributed by atoms with Gasteiger partial charge in [-0.05, 0) is 69.7 Å². The first kappa shape index (κ1) is 35.4. The Bertz CT molecular complexity index is 1280. The number of hydrogen-bond acceptors (Lipinski definition) is 6. The fourth-order valence-electron chi connectivity index (χ4n) is 6.35. The number of benzene rings is 2. The monoisotopic (exact) mass is 635 g/mol. The molecule has 2 aliphatic rings. The molecule has 1 saturated carbocycles. The third-order valence-corrected chi connectivity index (χ3v) is 9.37. The molecule has 252 valence electrons. The highest BCUT2D eigenvalue weighted by Crippen LogP contribution is 2.30. The molecule has 0 radical (unpaired) electrons. The van der Waals surface area contributed by atoms with Crippen molar-refractivity contribution in [2.75, 3.05) is 38.7 Å². The maximum atomic E-state index is 14.4. The number of carbonyl (C=O) groups is 3. The average Bonchev–Trinajstić information content (AvgIpc) is 3.06. The zero-order valence-corrected chi connectivity index (χ0v) is 28.1. The van der Waals surface area contributed by atoms with Gasteiger partial charge in [0.15, 0.2) is 0 Å². The van der Waals surface area contributed by atoms with E-state index < -0.39 is 6.04 Å². The van der Waals surface area contributed by atoms with Gasteiger partial charge < -0.3 is 29.7 Å². The number of aliphatic hydroxyl groups excluding tert-OH is 1. The quantitative estimate of drug-likeness (QED) is 0.385. The number of rotatable bonds is 8. The topological polar surface area (TPSA) is 108 Å². The van der Waals surface area contributed by atoms with E-state index in [1.807, 2.05) is 51.1 Å². The normalized spacial score (nSPS) is 22.6. The Balaban J connectivity index is 1.58. The minimum Gasteiger partial charge on any atom is -0.490 e. The molecule has 1 heterocycles. The van der Waals surface area contributed by atoms with E-state index in [4.69, 9.17) is 9.47 Å². The fourth-order valence-corrected chi connectivity index (χ4v) is 6.35. The van der Waals surface area contributed by atoms with E-state index in [-0.39, 0.29) is 48.4 Å². The van der Waals surface area contributed by atoms with Gasteiger partial charge in [-0.25, -0.2) is 0 Å². The van der Waals surface area contributed by atoms with Gasteiger partial charge in [-0.1, -0.05) is 56.5 Å². The van der Waals surface area contributed by atoms with Gasteiger partial charge in [0.25, 0.3) is 5.91 Å². The van der Waals surface area contributed by atoms with Crippen LogP contribution in [0.3, 0.4) is 0 Å². The summed E-state index contributed by atoms with van der Waals surface area (Å²) < 4.78 is 12.7. The van der Waals surface area contributed by atoms with E-state index in [0.29, 0.717) is 43.1 Å². The zero-order chi connectivity index (χ0) is 33.1. The molecule has 0 saturated heterocycles. The van der Waals surface area contributed by atoms with E-state index >= 15 is 0 Å². The van der Waals surface area contributed by atoms with Crippen LogP contribution in [-0.2, 0) is 20.7 Å². The zero-order valence-electron chi connectivity index (χ0n) is 28.1. The lowest BCUT2D eigenvalue weighted by molar-refractivity contribution is -0.132. The van der Waals surface area contributed by atoms with Crippen LogP contribution in [0, 0.1) is 11.8 Å². The smallest absolute Gasteiger partial charge is 0.258 e. The number of nitrogens with zero attached hydrogens (tertiary/aromatic N) is 2. The summed E-state index contributed by atoms with van der Waals surface area (Å²) in [7, 11) is 1.80. The van der Waals surface area contributed by atoms with Crippen molar-refractivity contribution in [2.24, 2.45) is 11.8 Å². The third kappa shape index (κ3) is 10.0. The molecule has 0 unspecified atom stereocenters. The minimum atomic E-state index is -0.480. The van der Waals surface area contributed by atoms with Gasteiger partial charge in [0, 0.05) is 44.3 Å². The number of amides is 3. The molecule has 3 amide bonds. The summed E-state index contributed by atoms with van der Waals surface area (Å²) in [6.07, 6.45) is 7.39. The number of carbonyl (C=O) groups excluding carboxylic acids is 3. The molecule has 9 nitrogen and oxygen atoms in total. The standard InChI is InChI=1S/C37H53N3O6/c1-26-23-40(27(2)25-41)37(44)32-22-31(38-36(43)30-16-9-6-10-17-30)18-19-33(32)46-28(3)13-11-12-20-45-34(26)24-39(4)35(42)21-29-14-7-5-8-15-29/h5,7-8,14-15,18-19,22,26-28,30,34,41H,6,9-13,16-17,20-21,23-25H2,1-4H3,(H,38,43)/t26-,27+,28+,34+/m0/s1. The highest BCUT2D eigenvalue weighted by Gasteiger charge is 2.31. The minimum absolute atomic E-state index is 0.000710. The van der Waals surface area contributed by atoms with Gasteiger partial charge in [-0.15, -0.1) is 0 Å². The number of hydrogen-bond donors (Lipinski definition) is 2. The first-order chi connectivity index (χ1) is 22.2. The van der Waals surface area contributed by atoms with Crippen molar-refractivity contribution in [3.8, 4) is 5.75 Å². The van der Waals surface area contributed by atoms with Gasteiger partial charge in [0.05, 0.1) is 36.8 Å². The van der Waals surface area contributed by atoms with Crippen LogP contribution in [0.15, 0.2) is 48.5 Å². The molecule has 0 spiro atoms. The number of anilines is 1. The Morgan fingerprint density at radius 3 is 2.46 bits per heavy atom. The second-order valence-electron chi connectivity index (χ2n) is 13.3. The predicted molar refractivity (Wildman–Crippen MR) is 180 cm³/mol. The SMILES string of the molecule is C[C@@H]1CCCCO[C@H](CN(C)C(=O)Cc2ccccc2)[C@@H](C)CN([C@H](C)CO)C(=O)c2cc(NC(=O)C3CCCCC3)ccc2O1. The van der Waals surface area contributed by atoms with Gasteiger partial charge in [-0.2, -0.15) is 0 Å². The summed E-state index contributed by atoms with van der Waals surface area (Å²) in [5.41, 5.74) is 1.87. The molecule has 2 aromatic rings. The second kappa shape index (κ2) is 17.5. The largest absolute Gasteiger partial charge is 0.490 e. The average molecular weight is 636 g/mol. The first-order valence-electron chi connectivity index (χ1n) is 17.1. The van der Waals surface area contributed by atoms with Crippen LogP contribution in [-0.4, -0.2) is 84.2 Å². The number of likely N-dealkylation sites (N-methyl/N-ethyl adjacent to an activating group) is 1. The van der Waals surface area contributed by atoms with Crippen LogP contribution in [0.2, 0.25) is 0 Å². The van der Waals surface area contributed by atoms with E-state index in [9.17, 15) is 19.5 Å². The maximum absolute atomic E-state index is 14.4. The molecule has 1 aliphatic carbocycles. The summed E-state index contributed by atoms with van der Waals surface area (Å²) >= 11 is 0. The van der Waals surface area contributed by atoms with E-state index in [1.165, 1.54) is 0 Å². The molecule has 9 heteroatoms. The molecule has 46 heavy (non-hydrogen) atoms. The third-order valence-electron chi connectivity index (χ3n) is 9.37. The highest BCUT2D eigenvalue weighted by molar-refractivity contribution is 6.00. The van der Waals surface area contributed by atoms with Crippen LogP contribution in [0.25, 0.3) is 0 Å². The van der Waals surface area contributed by atoms with Crippen molar-refractivity contribution in [1.29, 1.82) is 0 Å². The molecule has 1 fully saturated rings. The summed E-state index contributed by atoms with van der Waals surface area (Å²) in [5.74, 6) is 0.00468. The van der Waals surface area contributed by atoms with Crippen molar-refractivity contribution in [2.45, 2.75) is 96.8 Å². The lowest BCUT2D eigenvalue weighted by Gasteiger charge is -2.36. The summed E-state index contributed by atoms with van der Waals surface area (Å²) in [6.45, 7) is 6.84. The van der Waals surface area contributed by atoms with Crippen molar-refractivity contribution in [3.63, 3.8) is 0 Å². The number of aliphatic hydroxyl groups is 1. The molecule has 0 aromatic heterocycles. The molecule has 4 atom stereocenters. The molecule has 0 bridgehead atoms. The van der Waals surface area contributed by atoms with Gasteiger partial charge in [-0.3, -0.25) is 14.4 Å². The lowest BCUT2D eigenvalue weighted by Crippen LogP contribution is -2.48. The maximum Gasteiger partial charge on any atom is 0.258 e. The van der Waals surface area contributed by atoms with Crippen LogP contribution < -0.4 is 10.1 Å². The lowest BCUT2D eigenvalue weighted by atomic mass is 9.88. The Hall–Kier alpha value is -3.43. The predicted octanol–water partition coefficient (Wildman–Crippen LogP) is 5.70. The Kier molecular flexibility index (Phi) is 13.5. The molecule has 4 rings (SSSR count). The summed E-state index contributed by atoms with van der Waals surface area (Å²) in [5, 5.41) is 13.3. The number of fused-ring (bicyclic) bond motifs is 1. The number of ether oxygens (including phenoxy) is 2. The molecular weight excluding hydrogens is 582 g/mol. The van der Waals surface area contributed by atoms with Crippen molar-refractivity contribution < 1.29 is 29.0 Å². The van der Waals surface area contributed by atoms with Crippen LogP contribution >= 0.6 is 0 Å². The Morgan fingerprint density at radius 2 is 1.74 bits per heavy atom. The second-order valence-corrected chi connectivity index (χ2v) is 13.3. The van der Waals surface area contributed by atoms with E-state index in [0.717, 1.165) is 56.9 Å². The van der Waals surface area contributed by atoms with Crippen molar-refractivity contribution in [3.05, 3.63) is 59.7 Å². The van der Waals surface area contributed by atoms with Crippen LogP contribution in [0.5, 0.6) is 5.75 Å². The summed E-state index contributed by atoms with van der Waals surface area (Å²) in [4.78, 5) is 43.9. The Labute approximate surface area is 274 Å². The number of nitrogens with one attached hydrogen (secondary N) is 1. The van der Waals surface area contributed by atoms with Gasteiger partial charge in [0.1, 0.15) is 5.75 Å². The molecular formula is C37H53N3O6. The summed E-state index contributed by atoms with van der Waals surface area (Å²) in [6, 6.07) is 14.5. The van der Waals surface area contributed by atoms with Crippen LogP contribution in [0.4, 0.5) is 5.69 Å². The molecule has 2 aromatic carbocycles. The van der Waals surface area contributed by atoms with Gasteiger partial charge >= 0.3 is 0 Å².